The van der Waals surface area contributed by atoms with Gasteiger partial charge in [0, 0.05) is 28.9 Å². The number of hydrogen-bond acceptors (Lipinski definition) is 4. The smallest absolute Gasteiger partial charge is 0.263 e. The Hall–Kier alpha value is -1.91. The van der Waals surface area contributed by atoms with E-state index in [9.17, 15) is 4.79 Å². The number of nitrogens with zero attached hydrogens (tertiary/aromatic N) is 1. The van der Waals surface area contributed by atoms with Gasteiger partial charge in [-0.05, 0) is 46.6 Å². The minimum Gasteiger partial charge on any atom is -0.496 e. The van der Waals surface area contributed by atoms with Gasteiger partial charge in [0.15, 0.2) is 0 Å². The SMILES string of the molecule is COc1ccc2cnccc2c1-c1ccsc1C(=O)Cl. The van der Waals surface area contributed by atoms with Crippen molar-refractivity contribution in [1.29, 1.82) is 0 Å². The van der Waals surface area contributed by atoms with Crippen LogP contribution in [0.1, 0.15) is 9.67 Å². The molecule has 0 atom stereocenters. The molecule has 0 aliphatic rings. The molecule has 3 rings (SSSR count). The molecule has 0 N–H and O–H groups in total. The van der Waals surface area contributed by atoms with Crippen LogP contribution in [0.5, 0.6) is 5.75 Å². The summed E-state index contributed by atoms with van der Waals surface area (Å²) in [4.78, 5) is 16.2. The quantitative estimate of drug-likeness (QED) is 0.675. The minimum atomic E-state index is -0.455. The third kappa shape index (κ3) is 2.07. The lowest BCUT2D eigenvalue weighted by atomic mass is 9.99. The lowest BCUT2D eigenvalue weighted by molar-refractivity contribution is 0.108. The van der Waals surface area contributed by atoms with Crippen LogP contribution in [0.15, 0.2) is 42.0 Å². The minimum absolute atomic E-state index is 0.455. The van der Waals surface area contributed by atoms with E-state index in [-0.39, 0.29) is 0 Å². The Morgan fingerprint density at radius 2 is 2.15 bits per heavy atom. The van der Waals surface area contributed by atoms with Gasteiger partial charge in [0.05, 0.1) is 12.0 Å². The topological polar surface area (TPSA) is 39.2 Å². The van der Waals surface area contributed by atoms with Crippen LogP contribution in [0.3, 0.4) is 0 Å². The summed E-state index contributed by atoms with van der Waals surface area (Å²) in [5.74, 6) is 0.710. The first-order valence-electron chi connectivity index (χ1n) is 5.91. The number of halogens is 1. The van der Waals surface area contributed by atoms with Crippen molar-refractivity contribution >= 4 is 39.0 Å². The molecule has 0 radical (unpaired) electrons. The molecular formula is C15H10ClNO2S. The average molecular weight is 304 g/mol. The second kappa shape index (κ2) is 5.23. The molecule has 5 heteroatoms. The molecule has 20 heavy (non-hydrogen) atoms. The van der Waals surface area contributed by atoms with E-state index in [0.717, 1.165) is 21.9 Å². The van der Waals surface area contributed by atoms with Gasteiger partial charge in [-0.15, -0.1) is 11.3 Å². The summed E-state index contributed by atoms with van der Waals surface area (Å²) >= 11 is 6.99. The highest BCUT2D eigenvalue weighted by Crippen LogP contribution is 2.40. The average Bonchev–Trinajstić information content (AvgIpc) is 2.95. The molecule has 0 spiro atoms. The maximum Gasteiger partial charge on any atom is 0.263 e. The van der Waals surface area contributed by atoms with Gasteiger partial charge in [0.25, 0.3) is 5.24 Å². The molecule has 0 aliphatic heterocycles. The maximum absolute atomic E-state index is 11.6. The van der Waals surface area contributed by atoms with Gasteiger partial charge in [-0.1, -0.05) is 0 Å². The zero-order valence-electron chi connectivity index (χ0n) is 10.6. The molecule has 0 saturated heterocycles. The highest BCUT2D eigenvalue weighted by Gasteiger charge is 2.18. The number of carbonyl (C=O) groups is 1. The van der Waals surface area contributed by atoms with Crippen LogP contribution in [0.2, 0.25) is 0 Å². The van der Waals surface area contributed by atoms with E-state index in [1.165, 1.54) is 11.3 Å². The van der Waals surface area contributed by atoms with Crippen molar-refractivity contribution in [2.24, 2.45) is 0 Å². The van der Waals surface area contributed by atoms with Crippen LogP contribution in [0.4, 0.5) is 0 Å². The third-order valence-electron chi connectivity index (χ3n) is 3.11. The second-order valence-corrected chi connectivity index (χ2v) is 5.44. The highest BCUT2D eigenvalue weighted by molar-refractivity contribution is 7.14. The lowest BCUT2D eigenvalue weighted by Crippen LogP contribution is -1.93. The van der Waals surface area contributed by atoms with Crippen LogP contribution in [-0.4, -0.2) is 17.3 Å². The Balaban J connectivity index is 2.39. The molecule has 100 valence electrons. The van der Waals surface area contributed by atoms with E-state index in [1.54, 1.807) is 19.5 Å². The van der Waals surface area contributed by atoms with Gasteiger partial charge in [-0.25, -0.2) is 0 Å². The van der Waals surface area contributed by atoms with Crippen LogP contribution >= 0.6 is 22.9 Å². The fraction of sp³-hybridized carbons (Fsp3) is 0.0667. The van der Waals surface area contributed by atoms with Crippen LogP contribution in [0.25, 0.3) is 21.9 Å². The largest absolute Gasteiger partial charge is 0.496 e. The summed E-state index contributed by atoms with van der Waals surface area (Å²) in [7, 11) is 1.61. The molecule has 3 aromatic rings. The Labute approximate surface area is 124 Å². The van der Waals surface area contributed by atoms with E-state index in [1.807, 2.05) is 29.6 Å². The monoisotopic (exact) mass is 303 g/mol. The maximum atomic E-state index is 11.6. The summed E-state index contributed by atoms with van der Waals surface area (Å²) in [6.45, 7) is 0. The number of fused-ring (bicyclic) bond motifs is 1. The number of hydrogen-bond donors (Lipinski definition) is 0. The summed E-state index contributed by atoms with van der Waals surface area (Å²) in [5, 5.41) is 3.37. The van der Waals surface area contributed by atoms with Gasteiger partial charge in [0.2, 0.25) is 0 Å². The van der Waals surface area contributed by atoms with Crippen molar-refractivity contribution in [2.45, 2.75) is 0 Å². The van der Waals surface area contributed by atoms with E-state index >= 15 is 0 Å². The van der Waals surface area contributed by atoms with Crippen molar-refractivity contribution in [2.75, 3.05) is 7.11 Å². The summed E-state index contributed by atoms with van der Waals surface area (Å²) in [6, 6.07) is 7.62. The number of thiophene rings is 1. The first-order valence-corrected chi connectivity index (χ1v) is 7.16. The molecule has 0 amide bonds. The fourth-order valence-electron chi connectivity index (χ4n) is 2.25. The standard InChI is InChI=1S/C15H10ClNO2S/c1-19-12-3-2-9-8-17-6-4-10(9)13(12)11-5-7-20-14(11)15(16)18/h2-8H,1H3. The first-order chi connectivity index (χ1) is 9.72. The third-order valence-corrected chi connectivity index (χ3v) is 4.33. The number of benzene rings is 1. The van der Waals surface area contributed by atoms with Gasteiger partial charge in [0.1, 0.15) is 5.75 Å². The Morgan fingerprint density at radius 3 is 2.90 bits per heavy atom. The molecule has 2 heterocycles. The Bertz CT molecular complexity index is 797. The number of pyridine rings is 1. The Morgan fingerprint density at radius 1 is 1.30 bits per heavy atom. The highest BCUT2D eigenvalue weighted by atomic mass is 35.5. The second-order valence-electron chi connectivity index (χ2n) is 4.18. The van der Waals surface area contributed by atoms with Crippen molar-refractivity contribution in [3.63, 3.8) is 0 Å². The van der Waals surface area contributed by atoms with Gasteiger partial charge >= 0.3 is 0 Å². The predicted octanol–water partition coefficient (Wildman–Crippen LogP) is 4.35. The number of aromatic nitrogens is 1. The van der Waals surface area contributed by atoms with E-state index in [2.05, 4.69) is 4.98 Å². The molecular weight excluding hydrogens is 294 g/mol. The van der Waals surface area contributed by atoms with E-state index in [0.29, 0.717) is 10.6 Å². The fourth-order valence-corrected chi connectivity index (χ4v) is 3.22. The van der Waals surface area contributed by atoms with Gasteiger partial charge < -0.3 is 4.74 Å². The lowest BCUT2D eigenvalue weighted by Gasteiger charge is -2.11. The first kappa shape index (κ1) is 13.1. The zero-order chi connectivity index (χ0) is 14.1. The van der Waals surface area contributed by atoms with Gasteiger partial charge in [-0.2, -0.15) is 0 Å². The zero-order valence-corrected chi connectivity index (χ0v) is 12.2. The number of ether oxygens (including phenoxy) is 1. The molecule has 0 saturated carbocycles. The number of methoxy groups -OCH3 is 1. The molecule has 0 unspecified atom stereocenters. The summed E-state index contributed by atoms with van der Waals surface area (Å²) in [6.07, 6.45) is 3.51. The summed E-state index contributed by atoms with van der Waals surface area (Å²) < 4.78 is 5.44. The van der Waals surface area contributed by atoms with Crippen LogP contribution in [0, 0.1) is 0 Å². The normalized spacial score (nSPS) is 10.7. The van der Waals surface area contributed by atoms with Crippen molar-refractivity contribution in [3.05, 3.63) is 46.9 Å². The van der Waals surface area contributed by atoms with Gasteiger partial charge in [-0.3, -0.25) is 9.78 Å². The molecule has 2 aromatic heterocycles. The van der Waals surface area contributed by atoms with Crippen LogP contribution < -0.4 is 4.74 Å². The van der Waals surface area contributed by atoms with Crippen molar-refractivity contribution in [3.8, 4) is 16.9 Å². The number of rotatable bonds is 3. The van der Waals surface area contributed by atoms with Crippen molar-refractivity contribution in [1.82, 2.24) is 4.98 Å². The molecule has 0 fully saturated rings. The van der Waals surface area contributed by atoms with E-state index in [4.69, 9.17) is 16.3 Å². The van der Waals surface area contributed by atoms with Crippen LogP contribution in [-0.2, 0) is 0 Å². The Kier molecular flexibility index (Phi) is 3.42. The molecule has 3 nitrogen and oxygen atoms in total. The molecule has 0 aliphatic carbocycles. The molecule has 0 bridgehead atoms. The number of carbonyl (C=O) groups excluding carboxylic acids is 1. The predicted molar refractivity (Wildman–Crippen MR) is 81.8 cm³/mol. The van der Waals surface area contributed by atoms with Crippen molar-refractivity contribution < 1.29 is 9.53 Å². The summed E-state index contributed by atoms with van der Waals surface area (Å²) in [5.41, 5.74) is 1.67. The molecule has 1 aromatic carbocycles. The van der Waals surface area contributed by atoms with E-state index < -0.39 is 5.24 Å².